The summed E-state index contributed by atoms with van der Waals surface area (Å²) in [6.45, 7) is 0. The maximum Gasteiger partial charge on any atom is 0.419 e. The summed E-state index contributed by atoms with van der Waals surface area (Å²) in [6, 6.07) is 10.8. The summed E-state index contributed by atoms with van der Waals surface area (Å²) in [7, 11) is 0. The summed E-state index contributed by atoms with van der Waals surface area (Å²) >= 11 is 0.782. The molecule has 0 atom stereocenters. The van der Waals surface area contributed by atoms with Gasteiger partial charge in [-0.3, -0.25) is 10.1 Å². The molecule has 1 amide bonds. The SMILES string of the molecule is O=C(Nc1nsc(-c2ccc(F)c(C(F)(F)F)c2)n1)c1ccc(Nc2ccnnc2)cc1. The minimum atomic E-state index is -4.84. The van der Waals surface area contributed by atoms with Crippen LogP contribution in [0.1, 0.15) is 15.9 Å². The van der Waals surface area contributed by atoms with Crippen molar-refractivity contribution in [3.63, 3.8) is 0 Å². The number of nitrogens with one attached hydrogen (secondary N) is 2. The number of halogens is 4. The summed E-state index contributed by atoms with van der Waals surface area (Å²) in [4.78, 5) is 16.5. The Balaban J connectivity index is 1.45. The second-order valence-electron chi connectivity index (χ2n) is 6.40. The number of anilines is 3. The Morgan fingerprint density at radius 1 is 0.969 bits per heavy atom. The average molecular weight is 460 g/mol. The molecule has 0 bridgehead atoms. The molecule has 2 aromatic carbocycles. The predicted molar refractivity (Wildman–Crippen MR) is 110 cm³/mol. The van der Waals surface area contributed by atoms with E-state index in [1.165, 1.54) is 12.3 Å². The van der Waals surface area contributed by atoms with Gasteiger partial charge in [0, 0.05) is 16.8 Å². The number of alkyl halides is 3. The average Bonchev–Trinajstić information content (AvgIpc) is 3.23. The predicted octanol–water partition coefficient (Wildman–Crippen LogP) is 5.15. The van der Waals surface area contributed by atoms with Crippen LogP contribution in [0.25, 0.3) is 10.6 Å². The molecule has 0 saturated heterocycles. The number of hydrogen-bond donors (Lipinski definition) is 2. The van der Waals surface area contributed by atoms with Crippen LogP contribution in [0, 0.1) is 5.82 Å². The van der Waals surface area contributed by atoms with Crippen molar-refractivity contribution in [1.82, 2.24) is 19.6 Å². The van der Waals surface area contributed by atoms with Crippen molar-refractivity contribution in [2.24, 2.45) is 0 Å². The van der Waals surface area contributed by atoms with Crippen LogP contribution >= 0.6 is 11.5 Å². The Bertz CT molecular complexity index is 1250. The first-order valence-corrected chi connectivity index (χ1v) is 9.73. The van der Waals surface area contributed by atoms with Crippen molar-refractivity contribution < 1.29 is 22.4 Å². The standard InChI is InChI=1S/C20H12F4N6OS/c21-16-6-3-12(9-15(16)20(22,23)24)18-29-19(30-32-18)28-17(31)11-1-4-13(5-2-11)27-14-7-8-25-26-10-14/h1-10H,(H,25,27)(H,28,30,31). The minimum Gasteiger partial charge on any atom is -0.354 e. The topological polar surface area (TPSA) is 92.7 Å². The summed E-state index contributed by atoms with van der Waals surface area (Å²) in [5, 5.41) is 13.1. The molecule has 4 rings (SSSR count). The molecule has 0 spiro atoms. The summed E-state index contributed by atoms with van der Waals surface area (Å²) < 4.78 is 56.2. The maximum atomic E-state index is 13.5. The van der Waals surface area contributed by atoms with Crippen LogP contribution in [-0.4, -0.2) is 25.5 Å². The number of amides is 1. The number of nitrogens with zero attached hydrogens (tertiary/aromatic N) is 4. The van der Waals surface area contributed by atoms with E-state index in [4.69, 9.17) is 0 Å². The lowest BCUT2D eigenvalue weighted by Crippen LogP contribution is -2.12. The van der Waals surface area contributed by atoms with E-state index in [0.29, 0.717) is 11.6 Å². The van der Waals surface area contributed by atoms with E-state index in [9.17, 15) is 22.4 Å². The number of carbonyl (C=O) groups is 1. The van der Waals surface area contributed by atoms with Gasteiger partial charge in [0.25, 0.3) is 5.91 Å². The zero-order valence-corrected chi connectivity index (χ0v) is 16.7. The van der Waals surface area contributed by atoms with Crippen molar-refractivity contribution in [3.05, 3.63) is 77.9 Å². The molecule has 162 valence electrons. The molecule has 12 heteroatoms. The Morgan fingerprint density at radius 2 is 1.75 bits per heavy atom. The van der Waals surface area contributed by atoms with Gasteiger partial charge in [-0.05, 0) is 60.1 Å². The molecule has 2 aromatic heterocycles. The zero-order valence-electron chi connectivity index (χ0n) is 15.9. The second kappa shape index (κ2) is 8.67. The molecule has 4 aromatic rings. The molecule has 0 aliphatic heterocycles. The Kier molecular flexibility index (Phi) is 5.77. The molecule has 7 nitrogen and oxygen atoms in total. The van der Waals surface area contributed by atoms with Crippen LogP contribution in [0.2, 0.25) is 0 Å². The first-order valence-electron chi connectivity index (χ1n) is 8.95. The molecule has 2 heterocycles. The monoisotopic (exact) mass is 460 g/mol. The van der Waals surface area contributed by atoms with Gasteiger partial charge >= 0.3 is 6.18 Å². The van der Waals surface area contributed by atoms with Gasteiger partial charge in [0.15, 0.2) is 0 Å². The quantitative estimate of drug-likeness (QED) is 0.400. The van der Waals surface area contributed by atoms with E-state index < -0.39 is 23.5 Å². The summed E-state index contributed by atoms with van der Waals surface area (Å²) in [5.74, 6) is -1.95. The number of benzene rings is 2. The highest BCUT2D eigenvalue weighted by atomic mass is 32.1. The highest BCUT2D eigenvalue weighted by Crippen LogP contribution is 2.35. The van der Waals surface area contributed by atoms with E-state index in [0.717, 1.165) is 29.0 Å². The molecule has 0 saturated carbocycles. The first-order chi connectivity index (χ1) is 15.3. The Labute approximate surface area is 182 Å². The highest BCUT2D eigenvalue weighted by Gasteiger charge is 2.34. The van der Waals surface area contributed by atoms with Gasteiger partial charge in [-0.1, -0.05) is 0 Å². The smallest absolute Gasteiger partial charge is 0.354 e. The lowest BCUT2D eigenvalue weighted by atomic mass is 10.1. The first kappa shape index (κ1) is 21.3. The van der Waals surface area contributed by atoms with Crippen LogP contribution in [-0.2, 0) is 6.18 Å². The number of carbonyl (C=O) groups excluding carboxylic acids is 1. The third-order valence-electron chi connectivity index (χ3n) is 4.19. The Hall–Kier alpha value is -3.93. The third-order valence-corrected chi connectivity index (χ3v) is 4.95. The van der Waals surface area contributed by atoms with Crippen LogP contribution in [0.5, 0.6) is 0 Å². The zero-order chi connectivity index (χ0) is 22.7. The van der Waals surface area contributed by atoms with Gasteiger partial charge in [-0.2, -0.15) is 32.7 Å². The van der Waals surface area contributed by atoms with Crippen molar-refractivity contribution >= 4 is 34.8 Å². The minimum absolute atomic E-state index is 0.0396. The van der Waals surface area contributed by atoms with E-state index >= 15 is 0 Å². The van der Waals surface area contributed by atoms with Crippen LogP contribution in [0.4, 0.5) is 34.9 Å². The number of aromatic nitrogens is 4. The molecule has 0 radical (unpaired) electrons. The van der Waals surface area contributed by atoms with Gasteiger partial charge in [0.1, 0.15) is 10.8 Å². The molecule has 0 aliphatic carbocycles. The van der Waals surface area contributed by atoms with Gasteiger partial charge in [-0.15, -0.1) is 0 Å². The molecular weight excluding hydrogens is 448 g/mol. The lowest BCUT2D eigenvalue weighted by Gasteiger charge is -2.08. The fourth-order valence-electron chi connectivity index (χ4n) is 2.68. The van der Waals surface area contributed by atoms with Crippen molar-refractivity contribution in [1.29, 1.82) is 0 Å². The highest BCUT2D eigenvalue weighted by molar-refractivity contribution is 7.09. The van der Waals surface area contributed by atoms with Crippen molar-refractivity contribution in [2.45, 2.75) is 6.18 Å². The molecular formula is C20H12F4N6OS. The van der Waals surface area contributed by atoms with Crippen molar-refractivity contribution in [3.8, 4) is 10.6 Å². The van der Waals surface area contributed by atoms with E-state index in [2.05, 4.69) is 30.2 Å². The largest absolute Gasteiger partial charge is 0.419 e. The lowest BCUT2D eigenvalue weighted by molar-refractivity contribution is -0.139. The van der Waals surface area contributed by atoms with Crippen LogP contribution in [0.3, 0.4) is 0 Å². The van der Waals surface area contributed by atoms with Crippen LogP contribution in [0.15, 0.2) is 60.9 Å². The summed E-state index contributed by atoms with van der Waals surface area (Å²) in [5.41, 5.74) is 0.414. The normalized spacial score (nSPS) is 11.2. The molecule has 2 N–H and O–H groups in total. The van der Waals surface area contributed by atoms with Gasteiger partial charge < -0.3 is 5.32 Å². The second-order valence-corrected chi connectivity index (χ2v) is 7.15. The van der Waals surface area contributed by atoms with E-state index in [1.807, 2.05) is 0 Å². The molecule has 0 unspecified atom stereocenters. The van der Waals surface area contributed by atoms with Gasteiger partial charge in [-0.25, -0.2) is 4.39 Å². The summed E-state index contributed by atoms with van der Waals surface area (Å²) in [6.07, 6.45) is -1.75. The third kappa shape index (κ3) is 4.86. The van der Waals surface area contributed by atoms with Gasteiger partial charge in [0.2, 0.25) is 5.95 Å². The maximum absolute atomic E-state index is 13.5. The van der Waals surface area contributed by atoms with E-state index in [1.54, 1.807) is 36.5 Å². The fraction of sp³-hybridized carbons (Fsp3) is 0.0500. The number of rotatable bonds is 5. The van der Waals surface area contributed by atoms with E-state index in [-0.39, 0.29) is 16.5 Å². The van der Waals surface area contributed by atoms with Crippen molar-refractivity contribution in [2.75, 3.05) is 10.6 Å². The molecule has 32 heavy (non-hydrogen) atoms. The fourth-order valence-corrected chi connectivity index (χ4v) is 3.30. The molecule has 0 aliphatic rings. The Morgan fingerprint density at radius 3 is 2.44 bits per heavy atom. The van der Waals surface area contributed by atoms with Crippen LogP contribution < -0.4 is 10.6 Å². The number of hydrogen-bond acceptors (Lipinski definition) is 7. The molecule has 0 fully saturated rings. The van der Waals surface area contributed by atoms with Gasteiger partial charge in [0.05, 0.1) is 23.6 Å².